The third kappa shape index (κ3) is 6.00. The summed E-state index contributed by atoms with van der Waals surface area (Å²) in [6.45, 7) is 6.45. The zero-order chi connectivity index (χ0) is 23.3. The lowest BCUT2D eigenvalue weighted by Gasteiger charge is -2.30. The fraction of sp³-hybridized carbons (Fsp3) is 0.552. The first kappa shape index (κ1) is 23.4. The maximum absolute atomic E-state index is 13.4. The highest BCUT2D eigenvalue weighted by atomic mass is 16.2. The molecule has 3 aliphatic rings. The Bertz CT molecular complexity index is 958. The van der Waals surface area contributed by atoms with E-state index >= 15 is 0 Å². The number of hydrogen-bond acceptors (Lipinski definition) is 4. The lowest BCUT2D eigenvalue weighted by atomic mass is 9.97. The summed E-state index contributed by atoms with van der Waals surface area (Å²) >= 11 is 0. The van der Waals surface area contributed by atoms with E-state index in [0.29, 0.717) is 19.1 Å². The molecule has 34 heavy (non-hydrogen) atoms. The molecule has 0 aromatic heterocycles. The van der Waals surface area contributed by atoms with E-state index in [1.54, 1.807) is 0 Å². The van der Waals surface area contributed by atoms with Crippen LogP contribution in [-0.4, -0.2) is 66.4 Å². The molecule has 1 amide bonds. The number of carbonyl (C=O) groups is 1. The van der Waals surface area contributed by atoms with E-state index in [9.17, 15) is 4.79 Å². The van der Waals surface area contributed by atoms with Crippen LogP contribution in [-0.2, 0) is 24.3 Å². The van der Waals surface area contributed by atoms with Crippen LogP contribution in [0.4, 0.5) is 5.69 Å². The number of amides is 1. The van der Waals surface area contributed by atoms with Crippen molar-refractivity contribution in [2.45, 2.75) is 57.7 Å². The topological polar surface area (TPSA) is 38.8 Å². The van der Waals surface area contributed by atoms with Crippen LogP contribution in [0.1, 0.15) is 48.8 Å². The minimum absolute atomic E-state index is 0.188. The molecule has 2 aromatic carbocycles. The van der Waals surface area contributed by atoms with Crippen molar-refractivity contribution in [1.29, 1.82) is 0 Å². The van der Waals surface area contributed by atoms with Gasteiger partial charge in [0.25, 0.3) is 0 Å². The molecule has 1 aliphatic carbocycles. The fourth-order valence-electron chi connectivity index (χ4n) is 5.68. The van der Waals surface area contributed by atoms with Gasteiger partial charge in [0.05, 0.1) is 6.54 Å². The SMILES string of the molecule is CN1CCCC1CCN(Cc1ccccc1)C(=O)CNc1cccc2c1CCN(CC1CC1)C2. The molecule has 2 heterocycles. The summed E-state index contributed by atoms with van der Waals surface area (Å²) in [6, 6.07) is 17.6. The summed E-state index contributed by atoms with van der Waals surface area (Å²) < 4.78 is 0. The number of benzene rings is 2. The summed E-state index contributed by atoms with van der Waals surface area (Å²) in [5.41, 5.74) is 5.18. The average molecular weight is 461 g/mol. The molecule has 0 spiro atoms. The number of nitrogens with one attached hydrogen (secondary N) is 1. The number of hydrogen-bond donors (Lipinski definition) is 1. The molecule has 1 atom stereocenters. The Hall–Kier alpha value is -2.37. The minimum Gasteiger partial charge on any atom is -0.376 e. The predicted octanol–water partition coefficient (Wildman–Crippen LogP) is 4.38. The first-order valence-corrected chi connectivity index (χ1v) is 13.2. The Morgan fingerprint density at radius 1 is 1.06 bits per heavy atom. The first-order valence-electron chi connectivity index (χ1n) is 13.2. The molecule has 2 fully saturated rings. The van der Waals surface area contributed by atoms with Crippen LogP contribution in [0.2, 0.25) is 0 Å². The zero-order valence-corrected chi connectivity index (χ0v) is 20.7. The quantitative estimate of drug-likeness (QED) is 0.571. The highest BCUT2D eigenvalue weighted by molar-refractivity contribution is 5.81. The Morgan fingerprint density at radius 2 is 1.91 bits per heavy atom. The monoisotopic (exact) mass is 460 g/mol. The molecule has 1 saturated heterocycles. The van der Waals surface area contributed by atoms with E-state index in [0.717, 1.165) is 44.1 Å². The van der Waals surface area contributed by atoms with Crippen LogP contribution in [0.3, 0.4) is 0 Å². The number of rotatable bonds is 10. The standard InChI is InChI=1S/C29H40N4O/c1-31-16-6-10-26(31)14-18-33(21-23-7-3-2-4-8-23)29(34)19-30-28-11-5-9-25-22-32(17-15-27(25)28)20-24-12-13-24/h2-5,7-9,11,24,26,30H,6,10,12-22H2,1H3. The fourth-order valence-corrected chi connectivity index (χ4v) is 5.68. The van der Waals surface area contributed by atoms with E-state index < -0.39 is 0 Å². The van der Waals surface area contributed by atoms with Gasteiger partial charge >= 0.3 is 0 Å². The summed E-state index contributed by atoms with van der Waals surface area (Å²) in [5, 5.41) is 3.52. The van der Waals surface area contributed by atoms with Crippen LogP contribution >= 0.6 is 0 Å². The summed E-state index contributed by atoms with van der Waals surface area (Å²) in [5.74, 6) is 1.12. The average Bonchev–Trinajstić information content (AvgIpc) is 3.58. The second-order valence-electron chi connectivity index (χ2n) is 10.6. The molecule has 1 N–H and O–H groups in total. The van der Waals surface area contributed by atoms with Gasteiger partial charge in [-0.15, -0.1) is 0 Å². The van der Waals surface area contributed by atoms with Crippen LogP contribution in [0.15, 0.2) is 48.5 Å². The zero-order valence-electron chi connectivity index (χ0n) is 20.7. The van der Waals surface area contributed by atoms with Crippen molar-refractivity contribution in [1.82, 2.24) is 14.7 Å². The van der Waals surface area contributed by atoms with Gasteiger partial charge in [-0.1, -0.05) is 42.5 Å². The molecule has 182 valence electrons. The molecule has 5 heteroatoms. The van der Waals surface area contributed by atoms with Gasteiger partial charge < -0.3 is 15.1 Å². The van der Waals surface area contributed by atoms with Crippen molar-refractivity contribution in [3.05, 3.63) is 65.2 Å². The smallest absolute Gasteiger partial charge is 0.242 e. The van der Waals surface area contributed by atoms with Crippen molar-refractivity contribution >= 4 is 11.6 Å². The second-order valence-corrected chi connectivity index (χ2v) is 10.6. The van der Waals surface area contributed by atoms with E-state index in [2.05, 4.69) is 69.5 Å². The third-order valence-corrected chi connectivity index (χ3v) is 7.96. The van der Waals surface area contributed by atoms with Crippen molar-refractivity contribution in [2.24, 2.45) is 5.92 Å². The maximum Gasteiger partial charge on any atom is 0.242 e. The highest BCUT2D eigenvalue weighted by Crippen LogP contribution is 2.33. The van der Waals surface area contributed by atoms with Crippen molar-refractivity contribution in [2.75, 3.05) is 45.1 Å². The van der Waals surface area contributed by atoms with Crippen molar-refractivity contribution < 1.29 is 4.79 Å². The van der Waals surface area contributed by atoms with Gasteiger partial charge in [-0.2, -0.15) is 0 Å². The number of fused-ring (bicyclic) bond motifs is 1. The molecule has 0 radical (unpaired) electrons. The summed E-state index contributed by atoms with van der Waals surface area (Å²) in [7, 11) is 2.22. The number of likely N-dealkylation sites (tertiary alicyclic amines) is 1. The molecule has 0 bridgehead atoms. The molecule has 5 rings (SSSR count). The Labute approximate surface area is 205 Å². The largest absolute Gasteiger partial charge is 0.376 e. The van der Waals surface area contributed by atoms with Crippen molar-refractivity contribution in [3.63, 3.8) is 0 Å². The molecular weight excluding hydrogens is 420 g/mol. The Balaban J connectivity index is 1.21. The summed E-state index contributed by atoms with van der Waals surface area (Å²) in [4.78, 5) is 20.5. The van der Waals surface area contributed by atoms with E-state index in [4.69, 9.17) is 0 Å². The number of nitrogens with zero attached hydrogens (tertiary/aromatic N) is 3. The maximum atomic E-state index is 13.4. The van der Waals surface area contributed by atoms with Gasteiger partial charge in [0, 0.05) is 44.5 Å². The first-order chi connectivity index (χ1) is 16.7. The van der Waals surface area contributed by atoms with Gasteiger partial charge in [-0.25, -0.2) is 0 Å². The number of carbonyl (C=O) groups excluding carboxylic acids is 1. The normalized spacial score (nSPS) is 20.8. The molecule has 1 unspecified atom stereocenters. The van der Waals surface area contributed by atoms with Crippen LogP contribution in [0, 0.1) is 5.92 Å². The van der Waals surface area contributed by atoms with Gasteiger partial charge in [0.2, 0.25) is 5.91 Å². The van der Waals surface area contributed by atoms with Crippen LogP contribution in [0.25, 0.3) is 0 Å². The molecule has 2 aromatic rings. The molecule has 2 aliphatic heterocycles. The molecule has 1 saturated carbocycles. The predicted molar refractivity (Wildman–Crippen MR) is 139 cm³/mol. The van der Waals surface area contributed by atoms with Gasteiger partial charge in [-0.3, -0.25) is 9.69 Å². The van der Waals surface area contributed by atoms with Gasteiger partial charge in [0.1, 0.15) is 0 Å². The Morgan fingerprint density at radius 3 is 2.68 bits per heavy atom. The van der Waals surface area contributed by atoms with Crippen LogP contribution in [0.5, 0.6) is 0 Å². The lowest BCUT2D eigenvalue weighted by Crippen LogP contribution is -2.38. The van der Waals surface area contributed by atoms with E-state index in [1.165, 1.54) is 55.5 Å². The third-order valence-electron chi connectivity index (χ3n) is 7.96. The van der Waals surface area contributed by atoms with Crippen molar-refractivity contribution in [3.8, 4) is 0 Å². The van der Waals surface area contributed by atoms with E-state index in [1.807, 2.05) is 6.07 Å². The minimum atomic E-state index is 0.188. The highest BCUT2D eigenvalue weighted by Gasteiger charge is 2.27. The summed E-state index contributed by atoms with van der Waals surface area (Å²) in [6.07, 6.45) is 7.45. The van der Waals surface area contributed by atoms with Gasteiger partial charge in [-0.05, 0) is 80.8 Å². The molecule has 5 nitrogen and oxygen atoms in total. The van der Waals surface area contributed by atoms with E-state index in [-0.39, 0.29) is 5.91 Å². The van der Waals surface area contributed by atoms with Crippen LogP contribution < -0.4 is 5.32 Å². The molecular formula is C29H40N4O. The lowest BCUT2D eigenvalue weighted by molar-refractivity contribution is -0.130. The number of anilines is 1. The second kappa shape index (κ2) is 10.9. The van der Waals surface area contributed by atoms with Gasteiger partial charge in [0.15, 0.2) is 0 Å². The Kier molecular flexibility index (Phi) is 7.51.